The standard InChI is InChI=1S/C19H18ClN3S/c1-21-18-11-17(13-24-12-14-7-9-16(20)10-8-14)22-19(23-18)15-5-3-2-4-6-15/h2-11H,12-13H2,1H3,(H,21,22,23). The van der Waals surface area contributed by atoms with E-state index in [0.29, 0.717) is 0 Å². The van der Waals surface area contributed by atoms with E-state index < -0.39 is 0 Å². The van der Waals surface area contributed by atoms with Gasteiger partial charge in [0.1, 0.15) is 5.82 Å². The molecular formula is C19H18ClN3S. The third-order valence-corrected chi connectivity index (χ3v) is 4.79. The first-order valence-electron chi connectivity index (χ1n) is 7.68. The zero-order valence-electron chi connectivity index (χ0n) is 13.4. The fraction of sp³-hybridized carbons (Fsp3) is 0.158. The smallest absolute Gasteiger partial charge is 0.161 e. The highest BCUT2D eigenvalue weighted by Crippen LogP contribution is 2.22. The lowest BCUT2D eigenvalue weighted by molar-refractivity contribution is 1.09. The summed E-state index contributed by atoms with van der Waals surface area (Å²) in [7, 11) is 1.88. The average molecular weight is 356 g/mol. The Labute approximate surface area is 151 Å². The molecule has 24 heavy (non-hydrogen) atoms. The van der Waals surface area contributed by atoms with Gasteiger partial charge < -0.3 is 5.32 Å². The minimum Gasteiger partial charge on any atom is -0.373 e. The molecule has 0 aliphatic rings. The van der Waals surface area contributed by atoms with E-state index in [1.807, 2.05) is 67.3 Å². The van der Waals surface area contributed by atoms with Gasteiger partial charge in [-0.25, -0.2) is 9.97 Å². The maximum atomic E-state index is 5.92. The van der Waals surface area contributed by atoms with E-state index in [0.717, 1.165) is 39.4 Å². The lowest BCUT2D eigenvalue weighted by Crippen LogP contribution is -2.00. The minimum absolute atomic E-state index is 0.754. The summed E-state index contributed by atoms with van der Waals surface area (Å²) in [5.41, 5.74) is 3.31. The van der Waals surface area contributed by atoms with E-state index in [9.17, 15) is 0 Å². The Hall–Kier alpha value is -2.04. The van der Waals surface area contributed by atoms with Crippen LogP contribution in [0.1, 0.15) is 11.3 Å². The summed E-state index contributed by atoms with van der Waals surface area (Å²) >= 11 is 7.75. The molecule has 5 heteroatoms. The zero-order valence-corrected chi connectivity index (χ0v) is 14.9. The van der Waals surface area contributed by atoms with Gasteiger partial charge in [0.05, 0.1) is 5.69 Å². The van der Waals surface area contributed by atoms with Crippen molar-refractivity contribution in [2.45, 2.75) is 11.5 Å². The second-order valence-electron chi connectivity index (χ2n) is 5.30. The molecule has 0 bridgehead atoms. The molecule has 1 heterocycles. The van der Waals surface area contributed by atoms with Crippen molar-refractivity contribution in [1.29, 1.82) is 0 Å². The van der Waals surface area contributed by atoms with Crippen LogP contribution >= 0.6 is 23.4 Å². The minimum atomic E-state index is 0.754. The fourth-order valence-electron chi connectivity index (χ4n) is 2.27. The van der Waals surface area contributed by atoms with Crippen LogP contribution in [0.4, 0.5) is 5.82 Å². The highest BCUT2D eigenvalue weighted by Gasteiger charge is 2.06. The molecule has 0 aliphatic heterocycles. The van der Waals surface area contributed by atoms with E-state index in [2.05, 4.69) is 22.4 Å². The maximum Gasteiger partial charge on any atom is 0.161 e. The van der Waals surface area contributed by atoms with E-state index >= 15 is 0 Å². The molecule has 0 amide bonds. The first-order valence-corrected chi connectivity index (χ1v) is 9.21. The topological polar surface area (TPSA) is 37.8 Å². The molecule has 3 rings (SSSR count). The number of nitrogens with zero attached hydrogens (tertiary/aromatic N) is 2. The van der Waals surface area contributed by atoms with Gasteiger partial charge in [0.25, 0.3) is 0 Å². The average Bonchev–Trinajstić information content (AvgIpc) is 2.64. The zero-order chi connectivity index (χ0) is 16.8. The molecule has 0 atom stereocenters. The van der Waals surface area contributed by atoms with Crippen LogP contribution in [0.25, 0.3) is 11.4 Å². The SMILES string of the molecule is CNc1cc(CSCc2ccc(Cl)cc2)nc(-c2ccccc2)n1. The van der Waals surface area contributed by atoms with Crippen LogP contribution in [-0.2, 0) is 11.5 Å². The third-order valence-electron chi connectivity index (χ3n) is 3.50. The van der Waals surface area contributed by atoms with Gasteiger partial charge in [-0.1, -0.05) is 54.1 Å². The van der Waals surface area contributed by atoms with Crippen molar-refractivity contribution in [1.82, 2.24) is 9.97 Å². The van der Waals surface area contributed by atoms with Crippen molar-refractivity contribution in [2.75, 3.05) is 12.4 Å². The Morgan fingerprint density at radius 1 is 0.958 bits per heavy atom. The number of hydrogen-bond acceptors (Lipinski definition) is 4. The molecule has 0 saturated heterocycles. The van der Waals surface area contributed by atoms with Gasteiger partial charge in [0.15, 0.2) is 5.82 Å². The Balaban J connectivity index is 1.72. The van der Waals surface area contributed by atoms with Crippen molar-refractivity contribution < 1.29 is 0 Å². The van der Waals surface area contributed by atoms with E-state index in [4.69, 9.17) is 16.6 Å². The summed E-state index contributed by atoms with van der Waals surface area (Å²) < 4.78 is 0. The molecule has 122 valence electrons. The number of thioether (sulfide) groups is 1. The van der Waals surface area contributed by atoms with Crippen LogP contribution in [0.5, 0.6) is 0 Å². The molecule has 0 radical (unpaired) electrons. The second kappa shape index (κ2) is 8.18. The van der Waals surface area contributed by atoms with Gasteiger partial charge in [-0.05, 0) is 17.7 Å². The van der Waals surface area contributed by atoms with Crippen LogP contribution in [0.3, 0.4) is 0 Å². The van der Waals surface area contributed by atoms with Gasteiger partial charge in [-0.2, -0.15) is 11.8 Å². The molecule has 3 nitrogen and oxygen atoms in total. The van der Waals surface area contributed by atoms with Crippen LogP contribution in [0.2, 0.25) is 5.02 Å². The molecule has 0 saturated carbocycles. The molecule has 1 N–H and O–H groups in total. The van der Waals surface area contributed by atoms with E-state index in [1.54, 1.807) is 0 Å². The van der Waals surface area contributed by atoms with Crippen molar-refractivity contribution in [3.63, 3.8) is 0 Å². The maximum absolute atomic E-state index is 5.92. The molecule has 0 unspecified atom stereocenters. The van der Waals surface area contributed by atoms with Crippen molar-refractivity contribution >= 4 is 29.2 Å². The molecule has 2 aromatic carbocycles. The summed E-state index contributed by atoms with van der Waals surface area (Å²) in [6, 6.07) is 20.0. The Kier molecular flexibility index (Phi) is 5.72. The predicted molar refractivity (Wildman–Crippen MR) is 103 cm³/mol. The lowest BCUT2D eigenvalue weighted by Gasteiger charge is -2.08. The summed E-state index contributed by atoms with van der Waals surface area (Å²) in [6.07, 6.45) is 0. The molecular weight excluding hydrogens is 338 g/mol. The van der Waals surface area contributed by atoms with E-state index in [1.165, 1.54) is 5.56 Å². The van der Waals surface area contributed by atoms with Crippen LogP contribution in [-0.4, -0.2) is 17.0 Å². The lowest BCUT2D eigenvalue weighted by atomic mass is 10.2. The molecule has 0 aliphatic carbocycles. The van der Waals surface area contributed by atoms with Gasteiger partial charge in [-0.3, -0.25) is 0 Å². The highest BCUT2D eigenvalue weighted by molar-refractivity contribution is 7.97. The van der Waals surface area contributed by atoms with Gasteiger partial charge >= 0.3 is 0 Å². The van der Waals surface area contributed by atoms with Gasteiger partial charge in [0, 0.05) is 35.2 Å². The monoisotopic (exact) mass is 355 g/mol. The van der Waals surface area contributed by atoms with Crippen LogP contribution < -0.4 is 5.32 Å². The molecule has 3 aromatic rings. The summed E-state index contributed by atoms with van der Waals surface area (Å²) in [4.78, 5) is 9.26. The third kappa shape index (κ3) is 4.49. The first kappa shape index (κ1) is 16.8. The van der Waals surface area contributed by atoms with E-state index in [-0.39, 0.29) is 0 Å². The van der Waals surface area contributed by atoms with Crippen LogP contribution in [0.15, 0.2) is 60.7 Å². The predicted octanol–water partition coefficient (Wildman–Crippen LogP) is 5.27. The largest absolute Gasteiger partial charge is 0.373 e. The van der Waals surface area contributed by atoms with Crippen molar-refractivity contribution in [2.24, 2.45) is 0 Å². The normalized spacial score (nSPS) is 10.6. The molecule has 0 spiro atoms. The fourth-order valence-corrected chi connectivity index (χ4v) is 3.28. The second-order valence-corrected chi connectivity index (χ2v) is 6.73. The number of halogens is 1. The number of anilines is 1. The van der Waals surface area contributed by atoms with Crippen LogP contribution in [0, 0.1) is 0 Å². The summed E-state index contributed by atoms with van der Waals surface area (Å²) in [5, 5.41) is 3.89. The molecule has 1 aromatic heterocycles. The first-order chi connectivity index (χ1) is 11.7. The number of rotatable bonds is 6. The van der Waals surface area contributed by atoms with Crippen molar-refractivity contribution in [3.8, 4) is 11.4 Å². The number of nitrogens with one attached hydrogen (secondary N) is 1. The van der Waals surface area contributed by atoms with Gasteiger partial charge in [0.2, 0.25) is 0 Å². The van der Waals surface area contributed by atoms with Gasteiger partial charge in [-0.15, -0.1) is 0 Å². The summed E-state index contributed by atoms with van der Waals surface area (Å²) in [5.74, 6) is 3.35. The Morgan fingerprint density at radius 2 is 1.71 bits per heavy atom. The Morgan fingerprint density at radius 3 is 2.42 bits per heavy atom. The number of hydrogen-bond donors (Lipinski definition) is 1. The number of aromatic nitrogens is 2. The number of benzene rings is 2. The molecule has 0 fully saturated rings. The van der Waals surface area contributed by atoms with Crippen molar-refractivity contribution in [3.05, 3.63) is 76.9 Å². The highest BCUT2D eigenvalue weighted by atomic mass is 35.5. The Bertz CT molecular complexity index is 791. The quantitative estimate of drug-likeness (QED) is 0.653. The summed E-state index contributed by atoms with van der Waals surface area (Å²) in [6.45, 7) is 0.